The predicted molar refractivity (Wildman–Crippen MR) is 41.4 cm³/mol. The van der Waals surface area contributed by atoms with E-state index in [1.54, 1.807) is 0 Å². The van der Waals surface area contributed by atoms with Gasteiger partial charge in [0.25, 0.3) is 0 Å². The lowest BCUT2D eigenvalue weighted by Gasteiger charge is -1.73. The summed E-state index contributed by atoms with van der Waals surface area (Å²) < 4.78 is 1.14. The van der Waals surface area contributed by atoms with Gasteiger partial charge in [0, 0.05) is 16.0 Å². The lowest BCUT2D eigenvalue weighted by atomic mass is 10.5. The number of hydrogen-bond acceptors (Lipinski definition) is 1. The Balaban J connectivity index is 3.00. The molecule has 0 saturated heterocycles. The van der Waals surface area contributed by atoms with E-state index in [2.05, 4.69) is 27.6 Å². The van der Waals surface area contributed by atoms with Crippen molar-refractivity contribution in [3.63, 3.8) is 0 Å². The van der Waals surface area contributed by atoms with Crippen LogP contribution in [0.3, 0.4) is 0 Å². The fraction of sp³-hybridized carbons (Fsp3) is 0. The normalized spacial score (nSPS) is 9.12. The highest BCUT2D eigenvalue weighted by Crippen LogP contribution is 2.03. The van der Waals surface area contributed by atoms with Crippen LogP contribution in [-0.4, -0.2) is 11.2 Å². The Labute approximate surface area is 61.0 Å². The van der Waals surface area contributed by atoms with Crippen LogP contribution in [0.1, 0.15) is 5.69 Å². The van der Waals surface area contributed by atoms with Gasteiger partial charge in [-0.25, -0.2) is 0 Å². The van der Waals surface area contributed by atoms with Crippen molar-refractivity contribution in [3.05, 3.63) is 21.5 Å². The van der Waals surface area contributed by atoms with Gasteiger partial charge in [0.05, 0.1) is 5.69 Å². The number of halogens is 1. The highest BCUT2D eigenvalue weighted by Gasteiger charge is 1.88. The Morgan fingerprint density at radius 2 is 2.50 bits per heavy atom. The van der Waals surface area contributed by atoms with E-state index in [1.165, 1.54) is 6.21 Å². The second-order valence-electron chi connectivity index (χ2n) is 1.42. The molecule has 1 rings (SSSR count). The Hall–Kier alpha value is -0.320. The molecule has 3 heteroatoms. The van der Waals surface area contributed by atoms with Gasteiger partial charge in [0.1, 0.15) is 0 Å². The maximum atomic E-state index is 6.80. The zero-order valence-corrected chi connectivity index (χ0v) is 6.27. The molecule has 1 aromatic heterocycles. The third-order valence-corrected chi connectivity index (χ3v) is 1.45. The summed E-state index contributed by atoms with van der Waals surface area (Å²) in [6, 6.07) is 1.91. The molecule has 8 heavy (non-hydrogen) atoms. The van der Waals surface area contributed by atoms with Gasteiger partial charge in [-0.05, 0) is 28.7 Å². The van der Waals surface area contributed by atoms with Crippen LogP contribution in [0.2, 0.25) is 0 Å². The van der Waals surface area contributed by atoms with Crippen molar-refractivity contribution in [1.29, 1.82) is 5.41 Å². The van der Waals surface area contributed by atoms with Crippen LogP contribution in [0.15, 0.2) is 12.3 Å². The molecule has 0 amide bonds. The van der Waals surface area contributed by atoms with Crippen LogP contribution in [0.25, 0.3) is 0 Å². The van der Waals surface area contributed by atoms with Gasteiger partial charge in [-0.2, -0.15) is 0 Å². The zero-order valence-electron chi connectivity index (χ0n) is 4.11. The molecule has 0 aliphatic rings. The smallest absolute Gasteiger partial charge is 0.0569 e. The van der Waals surface area contributed by atoms with Crippen molar-refractivity contribution < 1.29 is 0 Å². The van der Waals surface area contributed by atoms with Crippen molar-refractivity contribution in [2.75, 3.05) is 0 Å². The van der Waals surface area contributed by atoms with Crippen molar-refractivity contribution in [2.45, 2.75) is 0 Å². The van der Waals surface area contributed by atoms with Crippen LogP contribution in [0, 0.1) is 8.98 Å². The van der Waals surface area contributed by atoms with E-state index in [9.17, 15) is 0 Å². The first-order valence-electron chi connectivity index (χ1n) is 2.17. The fourth-order valence-electron chi connectivity index (χ4n) is 0.467. The lowest BCUT2D eigenvalue weighted by molar-refractivity contribution is 1.37. The monoisotopic (exact) mass is 220 g/mol. The van der Waals surface area contributed by atoms with Crippen LogP contribution in [0.5, 0.6) is 0 Å². The molecule has 0 saturated carbocycles. The van der Waals surface area contributed by atoms with Crippen LogP contribution < -0.4 is 0 Å². The van der Waals surface area contributed by atoms with E-state index in [4.69, 9.17) is 5.41 Å². The maximum Gasteiger partial charge on any atom is 0.0569 e. The molecule has 1 aromatic rings. The molecule has 0 bridgehead atoms. The van der Waals surface area contributed by atoms with Crippen LogP contribution >= 0.6 is 22.6 Å². The molecule has 0 radical (unpaired) electrons. The molecular weight excluding hydrogens is 215 g/mol. The Morgan fingerprint density at radius 3 is 2.75 bits per heavy atom. The SMILES string of the molecule is N=Cc1cc(I)c[nH]1. The van der Waals surface area contributed by atoms with E-state index in [-0.39, 0.29) is 0 Å². The topological polar surface area (TPSA) is 39.6 Å². The van der Waals surface area contributed by atoms with Gasteiger partial charge >= 0.3 is 0 Å². The summed E-state index contributed by atoms with van der Waals surface area (Å²) in [5.74, 6) is 0. The first kappa shape index (κ1) is 5.81. The van der Waals surface area contributed by atoms with Gasteiger partial charge in [-0.15, -0.1) is 0 Å². The molecule has 0 aliphatic carbocycles. The van der Waals surface area contributed by atoms with Crippen molar-refractivity contribution >= 4 is 28.8 Å². The van der Waals surface area contributed by atoms with E-state index >= 15 is 0 Å². The molecular formula is C5H5IN2. The molecule has 0 aliphatic heterocycles. The van der Waals surface area contributed by atoms with E-state index < -0.39 is 0 Å². The van der Waals surface area contributed by atoms with E-state index in [1.807, 2.05) is 12.3 Å². The summed E-state index contributed by atoms with van der Waals surface area (Å²) in [6.07, 6.45) is 3.16. The van der Waals surface area contributed by atoms with Gasteiger partial charge in [0.2, 0.25) is 0 Å². The third-order valence-electron chi connectivity index (χ3n) is 0.826. The van der Waals surface area contributed by atoms with E-state index in [0.29, 0.717) is 0 Å². The Morgan fingerprint density at radius 1 is 1.75 bits per heavy atom. The minimum atomic E-state index is 0.856. The molecule has 1 heterocycles. The zero-order chi connectivity index (χ0) is 5.98. The number of H-pyrrole nitrogens is 1. The maximum absolute atomic E-state index is 6.80. The first-order valence-corrected chi connectivity index (χ1v) is 3.25. The Bertz CT molecular complexity index is 192. The summed E-state index contributed by atoms with van der Waals surface area (Å²) in [5, 5.41) is 6.80. The highest BCUT2D eigenvalue weighted by molar-refractivity contribution is 14.1. The number of hydrogen-bond donors (Lipinski definition) is 2. The second-order valence-corrected chi connectivity index (χ2v) is 2.66. The quantitative estimate of drug-likeness (QED) is 0.533. The Kier molecular flexibility index (Phi) is 1.67. The number of nitrogens with one attached hydrogen (secondary N) is 2. The number of rotatable bonds is 1. The fourth-order valence-corrected chi connectivity index (χ4v) is 0.959. The molecule has 0 fully saturated rings. The third kappa shape index (κ3) is 1.09. The van der Waals surface area contributed by atoms with Crippen molar-refractivity contribution in [1.82, 2.24) is 4.98 Å². The standard InChI is InChI=1S/C5H5IN2/c6-4-1-5(2-7)8-3-4/h1-3,7-8H. The second kappa shape index (κ2) is 2.30. The number of aromatic nitrogens is 1. The predicted octanol–water partition coefficient (Wildman–Crippen LogP) is 1.62. The van der Waals surface area contributed by atoms with Crippen LogP contribution in [-0.2, 0) is 0 Å². The molecule has 0 aromatic carbocycles. The minimum Gasteiger partial charge on any atom is -0.359 e. The summed E-state index contributed by atoms with van der Waals surface area (Å²) >= 11 is 2.19. The average Bonchev–Trinajstić information content (AvgIpc) is 2.14. The van der Waals surface area contributed by atoms with Gasteiger partial charge < -0.3 is 10.4 Å². The molecule has 0 unspecified atom stereocenters. The molecule has 2 nitrogen and oxygen atoms in total. The van der Waals surface area contributed by atoms with Gasteiger partial charge in [-0.3, -0.25) is 0 Å². The largest absolute Gasteiger partial charge is 0.359 e. The van der Waals surface area contributed by atoms with Gasteiger partial charge in [0.15, 0.2) is 0 Å². The average molecular weight is 220 g/mol. The molecule has 0 spiro atoms. The van der Waals surface area contributed by atoms with Crippen molar-refractivity contribution in [2.24, 2.45) is 0 Å². The minimum absolute atomic E-state index is 0.856. The van der Waals surface area contributed by atoms with Crippen molar-refractivity contribution in [3.8, 4) is 0 Å². The molecule has 2 N–H and O–H groups in total. The summed E-state index contributed by atoms with van der Waals surface area (Å²) in [4.78, 5) is 2.90. The molecule has 0 atom stereocenters. The lowest BCUT2D eigenvalue weighted by Crippen LogP contribution is -1.72. The summed E-state index contributed by atoms with van der Waals surface area (Å²) in [6.45, 7) is 0. The van der Waals surface area contributed by atoms with E-state index in [0.717, 1.165) is 9.26 Å². The van der Waals surface area contributed by atoms with Gasteiger partial charge in [-0.1, -0.05) is 0 Å². The molecule has 42 valence electrons. The highest BCUT2D eigenvalue weighted by atomic mass is 127. The summed E-state index contributed by atoms with van der Waals surface area (Å²) in [7, 11) is 0. The van der Waals surface area contributed by atoms with Crippen LogP contribution in [0.4, 0.5) is 0 Å². The first-order chi connectivity index (χ1) is 3.83. The number of aromatic amines is 1. The summed E-state index contributed by atoms with van der Waals surface area (Å²) in [5.41, 5.74) is 0.856.